The van der Waals surface area contributed by atoms with Crippen LogP contribution in [-0.2, 0) is 14.3 Å². The SMILES string of the molecule is CCC1=NC2=C(C(=O)CC(c3ccc(C)cc3)C2)C(c2ccc(F)cc2)C1C(=O)OC1CCCC1. The van der Waals surface area contributed by atoms with Gasteiger partial charge in [-0.1, -0.05) is 48.9 Å². The maximum atomic E-state index is 13.8. The molecule has 5 rings (SSSR count). The number of allylic oxidation sites excluding steroid dienone is 2. The first-order valence-electron chi connectivity index (χ1n) is 12.8. The Balaban J connectivity index is 1.56. The van der Waals surface area contributed by atoms with Gasteiger partial charge in [0.15, 0.2) is 5.78 Å². The molecule has 0 bridgehead atoms. The third-order valence-electron chi connectivity index (χ3n) is 7.74. The lowest BCUT2D eigenvalue weighted by Gasteiger charge is -2.37. The monoisotopic (exact) mass is 473 g/mol. The molecule has 182 valence electrons. The van der Waals surface area contributed by atoms with E-state index in [2.05, 4.69) is 24.3 Å². The highest BCUT2D eigenvalue weighted by Gasteiger charge is 2.46. The van der Waals surface area contributed by atoms with E-state index in [0.29, 0.717) is 24.8 Å². The first kappa shape index (κ1) is 23.7. The van der Waals surface area contributed by atoms with Crippen LogP contribution in [0, 0.1) is 18.7 Å². The van der Waals surface area contributed by atoms with E-state index in [1.807, 2.05) is 13.8 Å². The highest BCUT2D eigenvalue weighted by molar-refractivity contribution is 6.09. The standard InChI is InChI=1S/C30H32FNO3/c1-3-24-29(30(34)35-23-6-4-5-7-23)27(20-12-14-22(31)15-13-20)28-25(32-24)16-21(17-26(28)33)19-10-8-18(2)9-11-19/h8-15,21,23,27,29H,3-7,16-17H2,1-2H3. The summed E-state index contributed by atoms with van der Waals surface area (Å²) >= 11 is 0. The van der Waals surface area contributed by atoms with Crippen molar-refractivity contribution in [3.8, 4) is 0 Å². The summed E-state index contributed by atoms with van der Waals surface area (Å²) in [5.74, 6) is -1.75. The Bertz CT molecular complexity index is 1170. The maximum absolute atomic E-state index is 13.8. The Morgan fingerprint density at radius 3 is 2.31 bits per heavy atom. The van der Waals surface area contributed by atoms with Gasteiger partial charge in [-0.3, -0.25) is 14.6 Å². The van der Waals surface area contributed by atoms with Crippen LogP contribution in [0.2, 0.25) is 0 Å². The molecule has 0 spiro atoms. The first-order valence-corrected chi connectivity index (χ1v) is 12.8. The third kappa shape index (κ3) is 4.73. The molecule has 1 heterocycles. The van der Waals surface area contributed by atoms with Crippen molar-refractivity contribution in [1.82, 2.24) is 0 Å². The van der Waals surface area contributed by atoms with Gasteiger partial charge >= 0.3 is 5.97 Å². The van der Waals surface area contributed by atoms with Crippen molar-refractivity contribution < 1.29 is 18.7 Å². The van der Waals surface area contributed by atoms with Crippen molar-refractivity contribution in [1.29, 1.82) is 0 Å². The molecule has 1 saturated carbocycles. The Kier molecular flexibility index (Phi) is 6.68. The predicted molar refractivity (Wildman–Crippen MR) is 134 cm³/mol. The van der Waals surface area contributed by atoms with Gasteiger partial charge in [0, 0.05) is 29.3 Å². The summed E-state index contributed by atoms with van der Waals surface area (Å²) in [7, 11) is 0. The molecular weight excluding hydrogens is 441 g/mol. The molecule has 2 aromatic carbocycles. The van der Waals surface area contributed by atoms with Crippen LogP contribution in [0.15, 0.2) is 64.8 Å². The Morgan fingerprint density at radius 1 is 1.00 bits per heavy atom. The van der Waals surface area contributed by atoms with Crippen molar-refractivity contribution in [3.05, 3.63) is 82.3 Å². The lowest BCUT2D eigenvalue weighted by atomic mass is 9.68. The molecule has 3 atom stereocenters. The summed E-state index contributed by atoms with van der Waals surface area (Å²) in [6.07, 6.45) is 5.42. The number of ether oxygens (including phenoxy) is 1. The smallest absolute Gasteiger partial charge is 0.315 e. The second-order valence-electron chi connectivity index (χ2n) is 10.1. The summed E-state index contributed by atoms with van der Waals surface area (Å²) in [6.45, 7) is 4.04. The molecule has 1 fully saturated rings. The summed E-state index contributed by atoms with van der Waals surface area (Å²) in [5, 5.41) is 0. The number of nitrogens with zero attached hydrogens (tertiary/aromatic N) is 1. The van der Waals surface area contributed by atoms with E-state index in [9.17, 15) is 14.0 Å². The first-order chi connectivity index (χ1) is 16.9. The van der Waals surface area contributed by atoms with Gasteiger partial charge in [0.2, 0.25) is 0 Å². The Labute approximate surface area is 206 Å². The Morgan fingerprint density at radius 2 is 1.66 bits per heavy atom. The van der Waals surface area contributed by atoms with Crippen LogP contribution < -0.4 is 0 Å². The number of aliphatic imine (C=N–C) groups is 1. The van der Waals surface area contributed by atoms with Gasteiger partial charge in [-0.2, -0.15) is 0 Å². The second-order valence-corrected chi connectivity index (χ2v) is 10.1. The van der Waals surface area contributed by atoms with Crippen LogP contribution in [-0.4, -0.2) is 23.6 Å². The zero-order chi connectivity index (χ0) is 24.5. The quantitative estimate of drug-likeness (QED) is 0.461. The molecule has 5 heteroatoms. The molecule has 2 aliphatic carbocycles. The van der Waals surface area contributed by atoms with E-state index in [1.54, 1.807) is 12.1 Å². The maximum Gasteiger partial charge on any atom is 0.315 e. The number of esters is 1. The average Bonchev–Trinajstić information content (AvgIpc) is 3.36. The van der Waals surface area contributed by atoms with Gasteiger partial charge in [0.1, 0.15) is 17.8 Å². The van der Waals surface area contributed by atoms with Crippen LogP contribution in [0.1, 0.15) is 80.4 Å². The van der Waals surface area contributed by atoms with Crippen LogP contribution in [0.25, 0.3) is 0 Å². The van der Waals surface area contributed by atoms with E-state index in [-0.39, 0.29) is 29.6 Å². The summed E-state index contributed by atoms with van der Waals surface area (Å²) in [6, 6.07) is 14.5. The number of rotatable bonds is 5. The van der Waals surface area contributed by atoms with Crippen molar-refractivity contribution >= 4 is 17.5 Å². The summed E-state index contributed by atoms with van der Waals surface area (Å²) in [4.78, 5) is 32.2. The fourth-order valence-corrected chi connectivity index (χ4v) is 5.89. The number of aryl methyl sites for hydroxylation is 1. The highest BCUT2D eigenvalue weighted by Crippen LogP contribution is 2.47. The number of hydrogen-bond acceptors (Lipinski definition) is 4. The topological polar surface area (TPSA) is 55.7 Å². The molecule has 4 nitrogen and oxygen atoms in total. The predicted octanol–water partition coefficient (Wildman–Crippen LogP) is 6.59. The zero-order valence-corrected chi connectivity index (χ0v) is 20.4. The largest absolute Gasteiger partial charge is 0.462 e. The second kappa shape index (κ2) is 9.88. The fourth-order valence-electron chi connectivity index (χ4n) is 5.89. The van der Waals surface area contributed by atoms with Crippen molar-refractivity contribution in [2.45, 2.75) is 76.7 Å². The minimum Gasteiger partial charge on any atom is -0.462 e. The lowest BCUT2D eigenvalue weighted by Crippen LogP contribution is -2.39. The number of carbonyl (C=O) groups excluding carboxylic acids is 2. The van der Waals surface area contributed by atoms with Crippen LogP contribution in [0.5, 0.6) is 0 Å². The number of hydrogen-bond donors (Lipinski definition) is 0. The molecular formula is C30H32FNO3. The van der Waals surface area contributed by atoms with E-state index in [0.717, 1.165) is 48.2 Å². The highest BCUT2D eigenvalue weighted by atomic mass is 19.1. The molecule has 1 aliphatic heterocycles. The number of benzene rings is 2. The number of carbonyl (C=O) groups is 2. The lowest BCUT2D eigenvalue weighted by molar-refractivity contribution is -0.151. The summed E-state index contributed by atoms with van der Waals surface area (Å²) in [5.41, 5.74) is 5.19. The molecule has 0 amide bonds. The Hall–Kier alpha value is -3.08. The molecule has 0 aromatic heterocycles. The van der Waals surface area contributed by atoms with Gasteiger partial charge in [0.25, 0.3) is 0 Å². The summed E-state index contributed by atoms with van der Waals surface area (Å²) < 4.78 is 19.8. The number of Topliss-reactive ketones (excluding diaryl/α,β-unsaturated/α-hetero) is 1. The van der Waals surface area contributed by atoms with Crippen LogP contribution in [0.3, 0.4) is 0 Å². The van der Waals surface area contributed by atoms with E-state index >= 15 is 0 Å². The van der Waals surface area contributed by atoms with Gasteiger partial charge in [-0.05, 0) is 74.6 Å². The van der Waals surface area contributed by atoms with Gasteiger partial charge in [-0.25, -0.2) is 4.39 Å². The van der Waals surface area contributed by atoms with E-state index in [4.69, 9.17) is 9.73 Å². The normalized spacial score (nSPS) is 24.8. The molecule has 0 N–H and O–H groups in total. The van der Waals surface area contributed by atoms with E-state index in [1.165, 1.54) is 17.7 Å². The van der Waals surface area contributed by atoms with Gasteiger partial charge in [-0.15, -0.1) is 0 Å². The van der Waals surface area contributed by atoms with Crippen LogP contribution >= 0.6 is 0 Å². The molecule has 0 saturated heterocycles. The van der Waals surface area contributed by atoms with Crippen LogP contribution in [0.4, 0.5) is 4.39 Å². The van der Waals surface area contributed by atoms with Crippen molar-refractivity contribution in [2.24, 2.45) is 10.9 Å². The van der Waals surface area contributed by atoms with Crippen molar-refractivity contribution in [3.63, 3.8) is 0 Å². The van der Waals surface area contributed by atoms with Crippen molar-refractivity contribution in [2.75, 3.05) is 0 Å². The third-order valence-corrected chi connectivity index (χ3v) is 7.74. The number of halogens is 1. The minimum absolute atomic E-state index is 0.0173. The average molecular weight is 474 g/mol. The molecule has 2 aromatic rings. The molecule has 0 radical (unpaired) electrons. The zero-order valence-electron chi connectivity index (χ0n) is 20.4. The minimum atomic E-state index is -0.662. The molecule has 3 unspecified atom stereocenters. The molecule has 3 aliphatic rings. The van der Waals surface area contributed by atoms with E-state index < -0.39 is 11.8 Å². The molecule has 35 heavy (non-hydrogen) atoms. The van der Waals surface area contributed by atoms with Gasteiger partial charge < -0.3 is 4.74 Å². The number of ketones is 1. The fraction of sp³-hybridized carbons (Fsp3) is 0.433. The van der Waals surface area contributed by atoms with Gasteiger partial charge in [0.05, 0.1) is 0 Å².